The quantitative estimate of drug-likeness (QED) is 0.0612. The molecule has 0 unspecified atom stereocenters. The summed E-state index contributed by atoms with van der Waals surface area (Å²) in [5.74, 6) is -17.4. The van der Waals surface area contributed by atoms with Gasteiger partial charge in [0.05, 0.1) is 42.2 Å². The fourth-order valence-electron chi connectivity index (χ4n) is 6.73. The van der Waals surface area contributed by atoms with Gasteiger partial charge in [0.2, 0.25) is 46.6 Å². The van der Waals surface area contributed by atoms with Crippen LogP contribution in [0, 0.1) is 52.8 Å². The number of esters is 1. The van der Waals surface area contributed by atoms with Crippen molar-refractivity contribution in [3.63, 3.8) is 0 Å². The third-order valence-electron chi connectivity index (χ3n) is 10.9. The summed E-state index contributed by atoms with van der Waals surface area (Å²) < 4.78 is 85.7. The second kappa shape index (κ2) is 18.7. The van der Waals surface area contributed by atoms with E-state index in [9.17, 15) is 41.1 Å². The van der Waals surface area contributed by atoms with Crippen molar-refractivity contribution in [2.75, 3.05) is 41.9 Å². The lowest BCUT2D eigenvalue weighted by molar-refractivity contribution is -0.151. The van der Waals surface area contributed by atoms with Gasteiger partial charge in [0.25, 0.3) is 0 Å². The lowest BCUT2D eigenvalue weighted by atomic mass is 9.82. The van der Waals surface area contributed by atoms with Gasteiger partial charge in [-0.1, -0.05) is 34.1 Å². The molecule has 296 valence electrons. The summed E-state index contributed by atoms with van der Waals surface area (Å²) in [6.07, 6.45) is -0.414. The number of methoxy groups -OCH3 is 2. The summed E-state index contributed by atoms with van der Waals surface area (Å²) in [6.45, 7) is 12.9. The standard InChI is InChI=1S/C37H56F5N3O7/c1-13-20(4)32(44(10)35(48)22(19(2)3)17-25(46)37(6,7)43(8)9)24(50-11)18-26(47)45-16-14-15-23(45)33(51-12)21(5)36(49)52-34-30(41)28(39)27(38)29(40)31(34)42/h19-24,32-33H,13-18H2,1-12H3/t20-,21+,22-,23-,24+,32-,33+/m0/s1. The Kier molecular flexibility index (Phi) is 16.2. The van der Waals surface area contributed by atoms with Gasteiger partial charge in [-0.15, -0.1) is 0 Å². The van der Waals surface area contributed by atoms with Crippen LogP contribution in [0.15, 0.2) is 0 Å². The van der Waals surface area contributed by atoms with Gasteiger partial charge >= 0.3 is 5.97 Å². The number of carbonyl (C=O) groups excluding carboxylic acids is 4. The van der Waals surface area contributed by atoms with Crippen LogP contribution in [0.1, 0.15) is 80.6 Å². The highest BCUT2D eigenvalue weighted by Crippen LogP contribution is 2.33. The third kappa shape index (κ3) is 9.67. The molecule has 0 saturated carbocycles. The van der Waals surface area contributed by atoms with Crippen LogP contribution in [0.5, 0.6) is 5.75 Å². The van der Waals surface area contributed by atoms with E-state index in [4.69, 9.17) is 9.47 Å². The molecule has 0 radical (unpaired) electrons. The Bertz CT molecular complexity index is 1410. The van der Waals surface area contributed by atoms with Crippen molar-refractivity contribution in [3.05, 3.63) is 29.1 Å². The van der Waals surface area contributed by atoms with E-state index in [1.165, 1.54) is 26.0 Å². The Morgan fingerprint density at radius 1 is 0.865 bits per heavy atom. The summed E-state index contributed by atoms with van der Waals surface area (Å²) in [6, 6.07) is -1.27. The largest absolute Gasteiger partial charge is 0.420 e. The molecule has 0 aliphatic carbocycles. The van der Waals surface area contributed by atoms with Gasteiger partial charge in [0.1, 0.15) is 0 Å². The van der Waals surface area contributed by atoms with E-state index in [1.54, 1.807) is 11.9 Å². The molecule has 0 bridgehead atoms. The number of Topliss-reactive ketones (excluding diaryl/α,β-unsaturated/α-hetero) is 1. The van der Waals surface area contributed by atoms with Crippen molar-refractivity contribution in [2.45, 2.75) is 110 Å². The number of hydrogen-bond acceptors (Lipinski definition) is 8. The van der Waals surface area contributed by atoms with Gasteiger partial charge in [0, 0.05) is 40.2 Å². The highest BCUT2D eigenvalue weighted by molar-refractivity contribution is 5.92. The Balaban J connectivity index is 2.33. The predicted octanol–water partition coefficient (Wildman–Crippen LogP) is 5.78. The maximum absolute atomic E-state index is 14.3. The van der Waals surface area contributed by atoms with Crippen LogP contribution in [-0.4, -0.2) is 110 Å². The minimum absolute atomic E-state index is 0.0363. The number of halogens is 5. The van der Waals surface area contributed by atoms with Gasteiger partial charge in [-0.25, -0.2) is 13.2 Å². The number of carbonyl (C=O) groups is 4. The summed E-state index contributed by atoms with van der Waals surface area (Å²) in [5.41, 5.74) is -0.784. The lowest BCUT2D eigenvalue weighted by Crippen LogP contribution is -2.54. The molecule has 2 rings (SSSR count). The Labute approximate surface area is 304 Å². The fourth-order valence-corrected chi connectivity index (χ4v) is 6.73. The zero-order chi connectivity index (χ0) is 40.0. The number of ether oxygens (including phenoxy) is 3. The van der Waals surface area contributed by atoms with Crippen molar-refractivity contribution < 1.29 is 55.3 Å². The number of hydrogen-bond donors (Lipinski definition) is 0. The van der Waals surface area contributed by atoms with Crippen LogP contribution < -0.4 is 4.74 Å². The molecule has 2 amide bonds. The van der Waals surface area contributed by atoms with Crippen LogP contribution >= 0.6 is 0 Å². The normalized spacial score (nSPS) is 18.6. The van der Waals surface area contributed by atoms with E-state index in [-0.39, 0.29) is 48.8 Å². The van der Waals surface area contributed by atoms with Crippen molar-refractivity contribution in [3.8, 4) is 5.75 Å². The van der Waals surface area contributed by atoms with Crippen LogP contribution in [-0.2, 0) is 28.7 Å². The van der Waals surface area contributed by atoms with Crippen molar-refractivity contribution in [1.29, 1.82) is 0 Å². The lowest BCUT2D eigenvalue weighted by Gasteiger charge is -2.41. The Hall–Kier alpha value is -3.17. The number of nitrogens with zero attached hydrogens (tertiary/aromatic N) is 3. The summed E-state index contributed by atoms with van der Waals surface area (Å²) in [7, 11) is 7.99. The molecule has 0 spiro atoms. The van der Waals surface area contributed by atoms with Crippen LogP contribution in [0.3, 0.4) is 0 Å². The van der Waals surface area contributed by atoms with E-state index in [0.717, 1.165) is 0 Å². The van der Waals surface area contributed by atoms with Gasteiger partial charge in [0.15, 0.2) is 5.78 Å². The van der Waals surface area contributed by atoms with Gasteiger partial charge in [-0.2, -0.15) is 8.78 Å². The summed E-state index contributed by atoms with van der Waals surface area (Å²) in [4.78, 5) is 59.4. The first-order valence-corrected chi connectivity index (χ1v) is 17.7. The summed E-state index contributed by atoms with van der Waals surface area (Å²) >= 11 is 0. The molecule has 1 aromatic carbocycles. The molecule has 15 heteroatoms. The van der Waals surface area contributed by atoms with E-state index in [0.29, 0.717) is 19.3 Å². The number of likely N-dealkylation sites (tertiary alicyclic amines) is 1. The molecular weight excluding hydrogens is 693 g/mol. The predicted molar refractivity (Wildman–Crippen MR) is 184 cm³/mol. The zero-order valence-electron chi connectivity index (χ0n) is 32.5. The maximum atomic E-state index is 14.3. The molecule has 0 aromatic heterocycles. The van der Waals surface area contributed by atoms with Crippen molar-refractivity contribution in [2.24, 2.45) is 23.7 Å². The topological polar surface area (TPSA) is 106 Å². The van der Waals surface area contributed by atoms with E-state index in [1.807, 2.05) is 60.5 Å². The van der Waals surface area contributed by atoms with Gasteiger partial charge in [-0.3, -0.25) is 24.1 Å². The molecule has 1 aromatic rings. The molecule has 1 fully saturated rings. The van der Waals surface area contributed by atoms with Crippen molar-refractivity contribution >= 4 is 23.6 Å². The smallest absolute Gasteiger partial charge is 0.316 e. The second-order valence-corrected chi connectivity index (χ2v) is 14.8. The molecule has 1 saturated heterocycles. The van der Waals surface area contributed by atoms with Crippen molar-refractivity contribution in [1.82, 2.24) is 14.7 Å². The van der Waals surface area contributed by atoms with Gasteiger partial charge in [-0.05, 0) is 59.5 Å². The maximum Gasteiger partial charge on any atom is 0.316 e. The Morgan fingerprint density at radius 3 is 1.87 bits per heavy atom. The highest BCUT2D eigenvalue weighted by Gasteiger charge is 2.44. The first kappa shape index (κ1) is 45.0. The first-order chi connectivity index (χ1) is 24.1. The second-order valence-electron chi connectivity index (χ2n) is 14.8. The van der Waals surface area contributed by atoms with Crippen LogP contribution in [0.4, 0.5) is 22.0 Å². The molecule has 10 nitrogen and oxygen atoms in total. The first-order valence-electron chi connectivity index (χ1n) is 17.7. The third-order valence-corrected chi connectivity index (χ3v) is 10.9. The number of amides is 2. The number of ketones is 1. The molecule has 52 heavy (non-hydrogen) atoms. The molecular formula is C37H56F5N3O7. The zero-order valence-corrected chi connectivity index (χ0v) is 32.5. The molecule has 7 atom stereocenters. The highest BCUT2D eigenvalue weighted by atomic mass is 19.2. The summed E-state index contributed by atoms with van der Waals surface area (Å²) in [5, 5.41) is 0. The van der Waals surface area contributed by atoms with Crippen LogP contribution in [0.25, 0.3) is 0 Å². The fraction of sp³-hybridized carbons (Fsp3) is 0.730. The minimum Gasteiger partial charge on any atom is -0.420 e. The van der Waals surface area contributed by atoms with Gasteiger partial charge < -0.3 is 24.0 Å². The average Bonchev–Trinajstić information content (AvgIpc) is 3.59. The van der Waals surface area contributed by atoms with E-state index in [2.05, 4.69) is 4.74 Å². The monoisotopic (exact) mass is 749 g/mol. The van der Waals surface area contributed by atoms with E-state index >= 15 is 0 Å². The minimum atomic E-state index is -2.39. The molecule has 1 aliphatic rings. The van der Waals surface area contributed by atoms with Crippen LogP contribution in [0.2, 0.25) is 0 Å². The number of benzene rings is 1. The Morgan fingerprint density at radius 2 is 1.40 bits per heavy atom. The average molecular weight is 750 g/mol. The molecule has 1 aliphatic heterocycles. The number of likely N-dealkylation sites (N-methyl/N-ethyl adjacent to an activating group) is 2. The number of rotatable bonds is 18. The molecule has 0 N–H and O–H groups in total. The molecule has 1 heterocycles. The van der Waals surface area contributed by atoms with E-state index < -0.39 is 82.5 Å². The SMILES string of the molecule is CC[C@H](C)[C@@H]([C@@H](CC(=O)N1CCC[C@H]1[C@H](OC)[C@@H](C)C(=O)Oc1c(F)c(F)c(F)c(F)c1F)OC)N(C)C(=O)[C@@H](CC(=O)C(C)(C)N(C)C)C(C)C.